The van der Waals surface area contributed by atoms with E-state index < -0.39 is 0 Å². The molecule has 0 amide bonds. The highest BCUT2D eigenvalue weighted by Gasteiger charge is 2.18. The molecule has 0 saturated carbocycles. The molecule has 150 valence electrons. The molecule has 0 atom stereocenters. The highest BCUT2D eigenvalue weighted by Crippen LogP contribution is 2.24. The lowest BCUT2D eigenvalue weighted by Crippen LogP contribution is -2.16. The number of hydrogen-bond acceptors (Lipinski definition) is 7. The third-order valence-corrected chi connectivity index (χ3v) is 5.28. The maximum atomic E-state index is 12.1. The van der Waals surface area contributed by atoms with Crippen LogP contribution in [-0.2, 0) is 19.4 Å². The van der Waals surface area contributed by atoms with Gasteiger partial charge in [-0.3, -0.25) is 9.78 Å². The molecule has 0 aliphatic carbocycles. The summed E-state index contributed by atoms with van der Waals surface area (Å²) in [5, 5.41) is 15.2. The van der Waals surface area contributed by atoms with Crippen molar-refractivity contribution in [1.82, 2.24) is 30.5 Å². The van der Waals surface area contributed by atoms with E-state index in [1.165, 1.54) is 0 Å². The molecular weight excluding hydrogens is 378 g/mol. The zero-order valence-corrected chi connectivity index (χ0v) is 16.4. The Morgan fingerprint density at radius 1 is 0.967 bits per heavy atom. The predicted molar refractivity (Wildman–Crippen MR) is 115 cm³/mol. The summed E-state index contributed by atoms with van der Waals surface area (Å²) in [6.07, 6.45) is 3.43. The molecular formula is C22H21N7O. The summed E-state index contributed by atoms with van der Waals surface area (Å²) in [4.78, 5) is 26.1. The van der Waals surface area contributed by atoms with Crippen molar-refractivity contribution < 1.29 is 0 Å². The van der Waals surface area contributed by atoms with Gasteiger partial charge in [0.05, 0.1) is 23.3 Å². The second-order valence-electron chi connectivity index (χ2n) is 7.18. The molecule has 0 bridgehead atoms. The van der Waals surface area contributed by atoms with Gasteiger partial charge in [-0.25, -0.2) is 15.1 Å². The standard InChI is InChI=1S/C22H21N7O/c30-22-15-6-2-1-5-14(15)19(28-29-22)13-25-20-16-8-11-23-12-9-17(16)26-21(27-20)18-7-3-4-10-24-18/h1-7,10,23H,8-9,11-13H2,(H,29,30)(H,25,26,27). The summed E-state index contributed by atoms with van der Waals surface area (Å²) in [5.41, 5.74) is 3.48. The quantitative estimate of drug-likeness (QED) is 0.482. The number of rotatable bonds is 4. The van der Waals surface area contributed by atoms with E-state index in [4.69, 9.17) is 9.97 Å². The third-order valence-electron chi connectivity index (χ3n) is 5.28. The SMILES string of the molecule is O=c1[nH]nc(CNc2nc(-c3ccccn3)nc3c2CCNCC3)c2ccccc12. The maximum Gasteiger partial charge on any atom is 0.272 e. The number of nitrogens with one attached hydrogen (secondary N) is 3. The van der Waals surface area contributed by atoms with Gasteiger partial charge in [-0.15, -0.1) is 0 Å². The molecule has 5 rings (SSSR count). The van der Waals surface area contributed by atoms with E-state index in [2.05, 4.69) is 25.8 Å². The Kier molecular flexibility index (Phi) is 4.90. The van der Waals surface area contributed by atoms with Crippen molar-refractivity contribution in [1.29, 1.82) is 0 Å². The van der Waals surface area contributed by atoms with Crippen molar-refractivity contribution in [3.63, 3.8) is 0 Å². The smallest absolute Gasteiger partial charge is 0.272 e. The van der Waals surface area contributed by atoms with Crippen molar-refractivity contribution in [3.05, 3.63) is 76.0 Å². The van der Waals surface area contributed by atoms with Gasteiger partial charge in [0, 0.05) is 30.1 Å². The molecule has 30 heavy (non-hydrogen) atoms. The van der Waals surface area contributed by atoms with Crippen LogP contribution in [0.25, 0.3) is 22.3 Å². The molecule has 0 saturated heterocycles. The summed E-state index contributed by atoms with van der Waals surface area (Å²) >= 11 is 0. The van der Waals surface area contributed by atoms with Gasteiger partial charge in [0.2, 0.25) is 0 Å². The fourth-order valence-corrected chi connectivity index (χ4v) is 3.77. The highest BCUT2D eigenvalue weighted by molar-refractivity contribution is 5.83. The Balaban J connectivity index is 1.54. The van der Waals surface area contributed by atoms with Crippen molar-refractivity contribution in [2.75, 3.05) is 18.4 Å². The van der Waals surface area contributed by atoms with Crippen molar-refractivity contribution in [2.45, 2.75) is 19.4 Å². The third kappa shape index (κ3) is 3.53. The number of pyridine rings is 1. The van der Waals surface area contributed by atoms with E-state index in [0.29, 0.717) is 17.8 Å². The molecule has 0 spiro atoms. The van der Waals surface area contributed by atoms with Crippen LogP contribution in [0.3, 0.4) is 0 Å². The Hall–Kier alpha value is -3.65. The minimum atomic E-state index is -0.186. The fraction of sp³-hybridized carbons (Fsp3) is 0.227. The number of hydrogen-bond donors (Lipinski definition) is 3. The first kappa shape index (κ1) is 18.4. The molecule has 1 aliphatic rings. The minimum Gasteiger partial charge on any atom is -0.364 e. The Bertz CT molecular complexity index is 1250. The van der Waals surface area contributed by atoms with Crippen LogP contribution >= 0.6 is 0 Å². The topological polar surface area (TPSA) is 108 Å². The van der Waals surface area contributed by atoms with E-state index in [1.807, 2.05) is 36.4 Å². The zero-order chi connectivity index (χ0) is 20.3. The van der Waals surface area contributed by atoms with Crippen molar-refractivity contribution in [3.8, 4) is 11.5 Å². The van der Waals surface area contributed by atoms with E-state index in [9.17, 15) is 4.79 Å². The molecule has 3 aromatic heterocycles. The summed E-state index contributed by atoms with van der Waals surface area (Å²) < 4.78 is 0. The molecule has 8 heteroatoms. The lowest BCUT2D eigenvalue weighted by Gasteiger charge is -2.15. The van der Waals surface area contributed by atoms with Gasteiger partial charge in [0.25, 0.3) is 5.56 Å². The van der Waals surface area contributed by atoms with Crippen LogP contribution in [0.2, 0.25) is 0 Å². The zero-order valence-electron chi connectivity index (χ0n) is 16.4. The average molecular weight is 399 g/mol. The molecule has 0 radical (unpaired) electrons. The van der Waals surface area contributed by atoms with Crippen LogP contribution in [0.1, 0.15) is 17.0 Å². The number of benzene rings is 1. The normalized spacial score (nSPS) is 13.6. The molecule has 8 nitrogen and oxygen atoms in total. The first-order valence-corrected chi connectivity index (χ1v) is 10.0. The Labute approximate surface area is 172 Å². The lowest BCUT2D eigenvalue weighted by atomic mass is 10.1. The van der Waals surface area contributed by atoms with Crippen LogP contribution in [-0.4, -0.2) is 38.2 Å². The minimum absolute atomic E-state index is 0.186. The largest absolute Gasteiger partial charge is 0.364 e. The Morgan fingerprint density at radius 3 is 2.67 bits per heavy atom. The molecule has 0 fully saturated rings. The summed E-state index contributed by atoms with van der Waals surface area (Å²) in [7, 11) is 0. The van der Waals surface area contributed by atoms with Gasteiger partial charge in [0.15, 0.2) is 5.82 Å². The molecule has 1 aromatic carbocycles. The summed E-state index contributed by atoms with van der Waals surface area (Å²) in [5.74, 6) is 1.40. The number of aromatic nitrogens is 5. The number of anilines is 1. The van der Waals surface area contributed by atoms with Gasteiger partial charge < -0.3 is 10.6 Å². The van der Waals surface area contributed by atoms with Gasteiger partial charge >= 0.3 is 0 Å². The second kappa shape index (κ2) is 8.00. The van der Waals surface area contributed by atoms with Crippen LogP contribution < -0.4 is 16.2 Å². The predicted octanol–water partition coefficient (Wildman–Crippen LogP) is 2.08. The van der Waals surface area contributed by atoms with E-state index in [-0.39, 0.29) is 5.56 Å². The van der Waals surface area contributed by atoms with E-state index in [0.717, 1.165) is 59.8 Å². The van der Waals surface area contributed by atoms with Gasteiger partial charge in [-0.1, -0.05) is 24.3 Å². The molecule has 4 heterocycles. The van der Waals surface area contributed by atoms with E-state index >= 15 is 0 Å². The monoisotopic (exact) mass is 399 g/mol. The number of aromatic amines is 1. The molecule has 3 N–H and O–H groups in total. The molecule has 4 aromatic rings. The first-order chi connectivity index (χ1) is 14.8. The van der Waals surface area contributed by atoms with Gasteiger partial charge in [0.1, 0.15) is 11.5 Å². The fourth-order valence-electron chi connectivity index (χ4n) is 3.77. The second-order valence-corrected chi connectivity index (χ2v) is 7.18. The van der Waals surface area contributed by atoms with Crippen LogP contribution in [0.15, 0.2) is 53.5 Å². The van der Waals surface area contributed by atoms with Gasteiger partial charge in [-0.05, 0) is 31.2 Å². The summed E-state index contributed by atoms with van der Waals surface area (Å²) in [6.45, 7) is 2.21. The maximum absolute atomic E-state index is 12.1. The number of H-pyrrole nitrogens is 1. The van der Waals surface area contributed by atoms with Crippen molar-refractivity contribution in [2.24, 2.45) is 0 Å². The van der Waals surface area contributed by atoms with E-state index in [1.54, 1.807) is 12.3 Å². The average Bonchev–Trinajstić information content (AvgIpc) is 3.05. The highest BCUT2D eigenvalue weighted by atomic mass is 16.1. The lowest BCUT2D eigenvalue weighted by molar-refractivity contribution is 0.708. The Morgan fingerprint density at radius 2 is 1.80 bits per heavy atom. The van der Waals surface area contributed by atoms with Crippen LogP contribution in [0, 0.1) is 0 Å². The number of nitrogens with zero attached hydrogens (tertiary/aromatic N) is 4. The van der Waals surface area contributed by atoms with Crippen LogP contribution in [0.4, 0.5) is 5.82 Å². The van der Waals surface area contributed by atoms with Gasteiger partial charge in [-0.2, -0.15) is 5.10 Å². The molecule has 1 aliphatic heterocycles. The van der Waals surface area contributed by atoms with Crippen LogP contribution in [0.5, 0.6) is 0 Å². The first-order valence-electron chi connectivity index (χ1n) is 10.0. The molecule has 0 unspecified atom stereocenters. The summed E-state index contributed by atoms with van der Waals surface area (Å²) in [6, 6.07) is 13.2. The van der Waals surface area contributed by atoms with Crippen molar-refractivity contribution >= 4 is 16.6 Å². The number of fused-ring (bicyclic) bond motifs is 2.